The molecule has 0 saturated carbocycles. The number of anilines is 1. The number of hydrogen-bond donors (Lipinski definition) is 2. The number of ether oxygens (including phenoxy) is 1. The van der Waals surface area contributed by atoms with Crippen molar-refractivity contribution in [2.45, 2.75) is 6.42 Å². The van der Waals surface area contributed by atoms with Gasteiger partial charge < -0.3 is 15.8 Å². The minimum absolute atomic E-state index is 0.00290. The van der Waals surface area contributed by atoms with Gasteiger partial charge in [-0.15, -0.1) is 0 Å². The van der Waals surface area contributed by atoms with Crippen LogP contribution in [-0.2, 0) is 4.74 Å². The van der Waals surface area contributed by atoms with E-state index < -0.39 is 34.8 Å². The summed E-state index contributed by atoms with van der Waals surface area (Å²) in [6, 6.07) is 0. The summed E-state index contributed by atoms with van der Waals surface area (Å²) < 4.78 is 69.8. The molecule has 0 amide bonds. The lowest BCUT2D eigenvalue weighted by molar-refractivity contribution is 0.141. The zero-order valence-electron chi connectivity index (χ0n) is 9.91. The van der Waals surface area contributed by atoms with Gasteiger partial charge in [-0.1, -0.05) is 0 Å². The molecular formula is C11H13F5N2O. The molecular weight excluding hydrogens is 271 g/mol. The number of halogens is 5. The maximum Gasteiger partial charge on any atom is 0.200 e. The molecule has 0 saturated heterocycles. The molecule has 1 rings (SSSR count). The summed E-state index contributed by atoms with van der Waals surface area (Å²) in [5, 5.41) is 2.16. The Hall–Kier alpha value is -1.41. The Morgan fingerprint density at radius 3 is 1.89 bits per heavy atom. The number of rotatable bonds is 7. The van der Waals surface area contributed by atoms with Gasteiger partial charge in [-0.2, -0.15) is 0 Å². The van der Waals surface area contributed by atoms with E-state index in [1.807, 2.05) is 0 Å². The molecule has 0 spiro atoms. The lowest BCUT2D eigenvalue weighted by Gasteiger charge is -2.10. The normalized spacial score (nSPS) is 10.8. The standard InChI is InChI=1S/C11H13F5N2O/c12-6-7(13)9(15)11(10(16)8(6)14)18-3-1-4-19-5-2-17/h18H,1-5,17H2. The van der Waals surface area contributed by atoms with Crippen LogP contribution in [-0.4, -0.2) is 26.3 Å². The number of benzene rings is 1. The van der Waals surface area contributed by atoms with E-state index in [9.17, 15) is 22.0 Å². The van der Waals surface area contributed by atoms with Gasteiger partial charge in [0.2, 0.25) is 5.82 Å². The van der Waals surface area contributed by atoms with Crippen molar-refractivity contribution in [3.05, 3.63) is 29.1 Å². The van der Waals surface area contributed by atoms with Crippen molar-refractivity contribution in [3.8, 4) is 0 Å². The molecule has 3 nitrogen and oxygen atoms in total. The largest absolute Gasteiger partial charge is 0.380 e. The third kappa shape index (κ3) is 3.77. The maximum atomic E-state index is 13.2. The molecule has 3 N–H and O–H groups in total. The molecule has 19 heavy (non-hydrogen) atoms. The first-order valence-electron chi connectivity index (χ1n) is 5.53. The van der Waals surface area contributed by atoms with Gasteiger partial charge in [0, 0.05) is 19.7 Å². The molecule has 0 heterocycles. The Morgan fingerprint density at radius 2 is 1.37 bits per heavy atom. The van der Waals surface area contributed by atoms with Gasteiger partial charge >= 0.3 is 0 Å². The lowest BCUT2D eigenvalue weighted by Crippen LogP contribution is -2.14. The molecule has 0 atom stereocenters. The Labute approximate surface area is 106 Å². The van der Waals surface area contributed by atoms with Crippen LogP contribution in [0.2, 0.25) is 0 Å². The van der Waals surface area contributed by atoms with Crippen LogP contribution >= 0.6 is 0 Å². The van der Waals surface area contributed by atoms with Crippen molar-refractivity contribution in [2.24, 2.45) is 5.73 Å². The van der Waals surface area contributed by atoms with Crippen LogP contribution in [0.25, 0.3) is 0 Å². The van der Waals surface area contributed by atoms with E-state index in [-0.39, 0.29) is 13.2 Å². The topological polar surface area (TPSA) is 47.3 Å². The highest BCUT2D eigenvalue weighted by molar-refractivity contribution is 5.47. The van der Waals surface area contributed by atoms with Gasteiger partial charge in [0.15, 0.2) is 23.3 Å². The fourth-order valence-electron chi connectivity index (χ4n) is 1.33. The van der Waals surface area contributed by atoms with E-state index in [0.717, 1.165) is 0 Å². The van der Waals surface area contributed by atoms with Crippen LogP contribution < -0.4 is 11.1 Å². The average Bonchev–Trinajstić information content (AvgIpc) is 2.41. The predicted molar refractivity (Wildman–Crippen MR) is 59.2 cm³/mol. The quantitative estimate of drug-likeness (QED) is 0.349. The third-order valence-electron chi connectivity index (χ3n) is 2.24. The first kappa shape index (κ1) is 15.6. The molecule has 0 aliphatic rings. The summed E-state index contributed by atoms with van der Waals surface area (Å²) in [7, 11) is 0. The Balaban J connectivity index is 2.64. The van der Waals surface area contributed by atoms with Crippen LogP contribution in [0, 0.1) is 29.1 Å². The second kappa shape index (κ2) is 7.25. The summed E-state index contributed by atoms with van der Waals surface area (Å²) >= 11 is 0. The minimum Gasteiger partial charge on any atom is -0.380 e. The van der Waals surface area contributed by atoms with E-state index >= 15 is 0 Å². The SMILES string of the molecule is NCCOCCCNc1c(F)c(F)c(F)c(F)c1F. The molecule has 1 aromatic rings. The Bertz CT molecular complexity index is 413. The third-order valence-corrected chi connectivity index (χ3v) is 2.24. The van der Waals surface area contributed by atoms with Crippen LogP contribution in [0.1, 0.15) is 6.42 Å². The van der Waals surface area contributed by atoms with Crippen LogP contribution in [0.4, 0.5) is 27.6 Å². The first-order chi connectivity index (χ1) is 9.00. The van der Waals surface area contributed by atoms with Crippen LogP contribution in [0.5, 0.6) is 0 Å². The first-order valence-corrected chi connectivity index (χ1v) is 5.53. The van der Waals surface area contributed by atoms with Gasteiger partial charge in [-0.3, -0.25) is 0 Å². The number of nitrogens with two attached hydrogens (primary N) is 1. The zero-order chi connectivity index (χ0) is 14.4. The van der Waals surface area contributed by atoms with E-state index in [1.165, 1.54) is 0 Å². The van der Waals surface area contributed by atoms with Crippen molar-refractivity contribution < 1.29 is 26.7 Å². The molecule has 0 aliphatic carbocycles. The monoisotopic (exact) mass is 284 g/mol. The summed E-state index contributed by atoms with van der Waals surface area (Å²) in [6.45, 7) is 0.941. The molecule has 0 radical (unpaired) electrons. The number of nitrogens with one attached hydrogen (secondary N) is 1. The molecule has 108 valence electrons. The number of hydrogen-bond acceptors (Lipinski definition) is 3. The van der Waals surface area contributed by atoms with Crippen LogP contribution in [0.3, 0.4) is 0 Å². The summed E-state index contributed by atoms with van der Waals surface area (Å²) in [5.41, 5.74) is 4.13. The van der Waals surface area contributed by atoms with Gasteiger partial charge in [0.25, 0.3) is 0 Å². The highest BCUT2D eigenvalue weighted by Crippen LogP contribution is 2.26. The van der Waals surface area contributed by atoms with Crippen molar-refractivity contribution in [1.29, 1.82) is 0 Å². The van der Waals surface area contributed by atoms with Gasteiger partial charge in [-0.25, -0.2) is 22.0 Å². The van der Waals surface area contributed by atoms with Gasteiger partial charge in [0.1, 0.15) is 5.69 Å². The van der Waals surface area contributed by atoms with Crippen LogP contribution in [0.15, 0.2) is 0 Å². The Kier molecular flexibility index (Phi) is 5.97. The molecule has 0 bridgehead atoms. The Morgan fingerprint density at radius 1 is 0.842 bits per heavy atom. The maximum absolute atomic E-state index is 13.2. The van der Waals surface area contributed by atoms with Crippen molar-refractivity contribution in [2.75, 3.05) is 31.6 Å². The van der Waals surface area contributed by atoms with E-state index in [4.69, 9.17) is 10.5 Å². The van der Waals surface area contributed by atoms with E-state index in [0.29, 0.717) is 19.6 Å². The van der Waals surface area contributed by atoms with Crippen molar-refractivity contribution in [1.82, 2.24) is 0 Å². The highest BCUT2D eigenvalue weighted by atomic mass is 19.2. The molecule has 0 fully saturated rings. The van der Waals surface area contributed by atoms with E-state index in [2.05, 4.69) is 5.32 Å². The second-order valence-corrected chi connectivity index (χ2v) is 3.63. The minimum atomic E-state index is -2.17. The van der Waals surface area contributed by atoms with Crippen molar-refractivity contribution in [3.63, 3.8) is 0 Å². The van der Waals surface area contributed by atoms with Crippen molar-refractivity contribution >= 4 is 5.69 Å². The predicted octanol–water partition coefficient (Wildman–Crippen LogP) is 2.16. The molecule has 0 aromatic heterocycles. The fraction of sp³-hybridized carbons (Fsp3) is 0.455. The smallest absolute Gasteiger partial charge is 0.200 e. The van der Waals surface area contributed by atoms with E-state index in [1.54, 1.807) is 0 Å². The molecule has 0 unspecified atom stereocenters. The fourth-order valence-corrected chi connectivity index (χ4v) is 1.33. The lowest BCUT2D eigenvalue weighted by atomic mass is 10.2. The zero-order valence-corrected chi connectivity index (χ0v) is 9.91. The summed E-state index contributed by atoms with van der Waals surface area (Å²) in [4.78, 5) is 0. The second-order valence-electron chi connectivity index (χ2n) is 3.63. The van der Waals surface area contributed by atoms with Gasteiger partial charge in [0.05, 0.1) is 6.61 Å². The average molecular weight is 284 g/mol. The van der Waals surface area contributed by atoms with Gasteiger partial charge in [-0.05, 0) is 6.42 Å². The summed E-state index contributed by atoms with van der Waals surface area (Å²) in [5.74, 6) is -9.87. The highest BCUT2D eigenvalue weighted by Gasteiger charge is 2.25. The summed E-state index contributed by atoms with van der Waals surface area (Å²) in [6.07, 6.45) is 0.333. The molecule has 1 aromatic carbocycles. The molecule has 0 aliphatic heterocycles. The molecule has 8 heteroatoms.